The maximum absolute atomic E-state index is 3.83. The van der Waals surface area contributed by atoms with Crippen LogP contribution < -0.4 is 0 Å². The van der Waals surface area contributed by atoms with Crippen molar-refractivity contribution in [1.29, 1.82) is 0 Å². The Morgan fingerprint density at radius 1 is 0.800 bits per heavy atom. The molecule has 0 aliphatic carbocycles. The highest BCUT2D eigenvalue weighted by molar-refractivity contribution is 4.99. The lowest BCUT2D eigenvalue weighted by atomic mass is 9.91. The number of hydrogen-bond acceptors (Lipinski definition) is 0. The molecule has 0 bridgehead atoms. The van der Waals surface area contributed by atoms with Gasteiger partial charge in [0.1, 0.15) is 0 Å². The molecule has 0 heterocycles. The summed E-state index contributed by atoms with van der Waals surface area (Å²) in [6.45, 7) is 15.5. The molecule has 119 valence electrons. The Morgan fingerprint density at radius 3 is 1.70 bits per heavy atom. The molecule has 20 heavy (non-hydrogen) atoms. The van der Waals surface area contributed by atoms with E-state index in [0.717, 1.165) is 17.8 Å². The van der Waals surface area contributed by atoms with E-state index < -0.39 is 0 Å². The third-order valence-electron chi connectivity index (χ3n) is 4.49. The van der Waals surface area contributed by atoms with Gasteiger partial charge in [-0.25, -0.2) is 0 Å². The fourth-order valence-corrected chi connectivity index (χ4v) is 2.81. The Hall–Kier alpha value is -0.260. The largest absolute Gasteiger partial charge is 0.0853 e. The van der Waals surface area contributed by atoms with Crippen LogP contribution in [0.2, 0.25) is 0 Å². The molecule has 0 heteroatoms. The number of allylic oxidation sites excluding steroid dienone is 2. The van der Waals surface area contributed by atoms with Crippen molar-refractivity contribution >= 4 is 0 Å². The molecule has 0 aromatic rings. The fourth-order valence-electron chi connectivity index (χ4n) is 2.81. The second kappa shape index (κ2) is 12.5. The summed E-state index contributed by atoms with van der Waals surface area (Å²) < 4.78 is 0. The molecule has 0 saturated carbocycles. The Kier molecular flexibility index (Phi) is 12.3. The summed E-state index contributed by atoms with van der Waals surface area (Å²) in [5, 5.41) is 0. The van der Waals surface area contributed by atoms with Crippen LogP contribution >= 0.6 is 0 Å². The minimum absolute atomic E-state index is 0.873. The first-order chi connectivity index (χ1) is 9.45. The second-order valence-corrected chi connectivity index (χ2v) is 7.41. The molecule has 0 nitrogen and oxygen atoms in total. The minimum atomic E-state index is 0.873. The van der Waals surface area contributed by atoms with E-state index in [1.165, 1.54) is 63.4 Å². The fraction of sp³-hybridized carbons (Fsp3) is 0.850. The monoisotopic (exact) mass is 279 g/mol. The van der Waals surface area contributed by atoms with Crippen LogP contribution in [0.25, 0.3) is 0 Å². The average Bonchev–Trinajstić information content (AvgIpc) is 2.38. The van der Waals surface area contributed by atoms with Gasteiger partial charge in [-0.1, -0.05) is 84.3 Å². The predicted molar refractivity (Wildman–Crippen MR) is 93.8 cm³/mol. The van der Waals surface area contributed by atoms with Gasteiger partial charge in [-0.05, 0) is 44.4 Å². The molecule has 0 rings (SSSR count). The van der Waals surface area contributed by atoms with Crippen LogP contribution in [-0.4, -0.2) is 0 Å². The van der Waals surface area contributed by atoms with E-state index in [9.17, 15) is 0 Å². The summed E-state index contributed by atoms with van der Waals surface area (Å²) in [4.78, 5) is 0. The van der Waals surface area contributed by atoms with Crippen LogP contribution in [0.3, 0.4) is 0 Å². The zero-order valence-corrected chi connectivity index (χ0v) is 14.9. The smallest absolute Gasteiger partial charge is 0.0313 e. The van der Waals surface area contributed by atoms with Crippen molar-refractivity contribution in [3.63, 3.8) is 0 Å². The van der Waals surface area contributed by atoms with Gasteiger partial charge in [0, 0.05) is 0 Å². The first-order valence-electron chi connectivity index (χ1n) is 8.90. The van der Waals surface area contributed by atoms with Crippen molar-refractivity contribution in [2.24, 2.45) is 17.8 Å². The maximum Gasteiger partial charge on any atom is -0.0313 e. The van der Waals surface area contributed by atoms with Crippen LogP contribution in [0.4, 0.5) is 0 Å². The number of hydrogen-bond donors (Lipinski definition) is 0. The zero-order chi connectivity index (χ0) is 15.4. The van der Waals surface area contributed by atoms with E-state index in [-0.39, 0.29) is 0 Å². The van der Waals surface area contributed by atoms with Gasteiger partial charge in [-0.2, -0.15) is 0 Å². The van der Waals surface area contributed by atoms with Gasteiger partial charge in [-0.3, -0.25) is 0 Å². The molecular formula is C20H39. The predicted octanol–water partition coefficient (Wildman–Crippen LogP) is 7.21. The maximum atomic E-state index is 3.83. The van der Waals surface area contributed by atoms with E-state index in [1.54, 1.807) is 0 Å². The van der Waals surface area contributed by atoms with Crippen molar-refractivity contribution in [2.75, 3.05) is 0 Å². The summed E-state index contributed by atoms with van der Waals surface area (Å²) in [6.07, 6.45) is 14.5. The third-order valence-corrected chi connectivity index (χ3v) is 4.49. The van der Waals surface area contributed by atoms with Gasteiger partial charge in [0.15, 0.2) is 0 Å². The van der Waals surface area contributed by atoms with Crippen molar-refractivity contribution in [2.45, 2.75) is 92.4 Å². The Labute approximate surface area is 129 Å². The summed E-state index contributed by atoms with van der Waals surface area (Å²) in [5.41, 5.74) is 1.44. The van der Waals surface area contributed by atoms with Crippen molar-refractivity contribution < 1.29 is 0 Å². The van der Waals surface area contributed by atoms with Crippen molar-refractivity contribution in [3.05, 3.63) is 18.6 Å². The highest BCUT2D eigenvalue weighted by Gasteiger charge is 2.06. The quantitative estimate of drug-likeness (QED) is 0.354. The molecule has 0 fully saturated rings. The molecule has 0 amide bonds. The molecule has 2 atom stereocenters. The minimum Gasteiger partial charge on any atom is -0.0853 e. The topological polar surface area (TPSA) is 0 Å². The van der Waals surface area contributed by atoms with Gasteiger partial charge in [0.05, 0.1) is 0 Å². The van der Waals surface area contributed by atoms with Crippen LogP contribution in [0.5, 0.6) is 0 Å². The standard InChI is InChI=1S/C20H39/c1-7-18(4)12-9-14-20(6)16-10-15-19(5)13-8-11-17(2)3/h7,17,19-20H,1,8-16H2,2-6H3/b18-7+/t19-,20+/m1/s1. The van der Waals surface area contributed by atoms with Crippen molar-refractivity contribution in [3.8, 4) is 0 Å². The first-order valence-corrected chi connectivity index (χ1v) is 8.90. The van der Waals surface area contributed by atoms with E-state index in [0.29, 0.717) is 0 Å². The highest BCUT2D eigenvalue weighted by atomic mass is 14.1. The van der Waals surface area contributed by atoms with E-state index in [2.05, 4.69) is 41.5 Å². The molecule has 0 saturated heterocycles. The molecular weight excluding hydrogens is 240 g/mol. The third kappa shape index (κ3) is 12.8. The molecule has 0 aromatic carbocycles. The van der Waals surface area contributed by atoms with Crippen LogP contribution in [-0.2, 0) is 0 Å². The van der Waals surface area contributed by atoms with Gasteiger partial charge < -0.3 is 0 Å². The Balaban J connectivity index is 3.48. The highest BCUT2D eigenvalue weighted by Crippen LogP contribution is 2.21. The molecule has 0 spiro atoms. The van der Waals surface area contributed by atoms with E-state index in [1.807, 2.05) is 6.08 Å². The summed E-state index contributed by atoms with van der Waals surface area (Å²) in [5.74, 6) is 2.70. The number of rotatable bonds is 12. The van der Waals surface area contributed by atoms with Crippen LogP contribution in [0, 0.1) is 24.7 Å². The molecule has 0 aliphatic heterocycles. The van der Waals surface area contributed by atoms with Crippen LogP contribution in [0.15, 0.2) is 11.6 Å². The Morgan fingerprint density at radius 2 is 1.25 bits per heavy atom. The van der Waals surface area contributed by atoms with Gasteiger partial charge in [-0.15, -0.1) is 0 Å². The molecule has 0 aromatic heterocycles. The second-order valence-electron chi connectivity index (χ2n) is 7.41. The van der Waals surface area contributed by atoms with E-state index >= 15 is 0 Å². The van der Waals surface area contributed by atoms with Gasteiger partial charge in [0.25, 0.3) is 0 Å². The normalized spacial score (nSPS) is 15.7. The molecule has 1 radical (unpaired) electrons. The zero-order valence-electron chi connectivity index (χ0n) is 14.9. The molecule has 0 N–H and O–H groups in total. The lowest BCUT2D eigenvalue weighted by molar-refractivity contribution is 0.389. The lowest BCUT2D eigenvalue weighted by Gasteiger charge is -2.15. The SMILES string of the molecule is [CH2]/C=C(\C)CCC[C@H](C)CCC[C@H](C)CCCC(C)C. The lowest BCUT2D eigenvalue weighted by Crippen LogP contribution is -2.00. The Bertz CT molecular complexity index is 236. The molecule has 0 unspecified atom stereocenters. The van der Waals surface area contributed by atoms with Gasteiger partial charge >= 0.3 is 0 Å². The first kappa shape index (κ1) is 19.7. The van der Waals surface area contributed by atoms with Crippen molar-refractivity contribution in [1.82, 2.24) is 0 Å². The van der Waals surface area contributed by atoms with E-state index in [4.69, 9.17) is 0 Å². The summed E-state index contributed by atoms with van der Waals surface area (Å²) in [7, 11) is 0. The average molecular weight is 280 g/mol. The van der Waals surface area contributed by atoms with Gasteiger partial charge in [0.2, 0.25) is 0 Å². The summed E-state index contributed by atoms with van der Waals surface area (Å²) >= 11 is 0. The van der Waals surface area contributed by atoms with Crippen LogP contribution in [0.1, 0.15) is 92.4 Å². The summed E-state index contributed by atoms with van der Waals surface area (Å²) in [6, 6.07) is 0. The molecule has 0 aliphatic rings.